The first-order valence-corrected chi connectivity index (χ1v) is 4.77. The van der Waals surface area contributed by atoms with Crippen molar-refractivity contribution in [3.63, 3.8) is 0 Å². The van der Waals surface area contributed by atoms with E-state index in [0.29, 0.717) is 5.92 Å². The average Bonchev–Trinajstić information content (AvgIpc) is 2.03. The van der Waals surface area contributed by atoms with Crippen LogP contribution in [0.15, 0.2) is 0 Å². The molecule has 0 aliphatic carbocycles. The number of hydrogen-bond donors (Lipinski definition) is 0. The molecule has 0 heterocycles. The fourth-order valence-electron chi connectivity index (χ4n) is 1.22. The minimum atomic E-state index is 0.659. The lowest BCUT2D eigenvalue weighted by atomic mass is 9.97. The third-order valence-corrected chi connectivity index (χ3v) is 2.00. The summed E-state index contributed by atoms with van der Waals surface area (Å²) in [5.41, 5.74) is 0. The van der Waals surface area contributed by atoms with Crippen molar-refractivity contribution in [2.75, 3.05) is 0 Å². The Hall–Kier alpha value is -0.375. The number of unbranched alkanes of at least 4 members (excludes halogenated alkanes) is 2. The summed E-state index contributed by atoms with van der Waals surface area (Å²) >= 11 is 0. The third-order valence-electron chi connectivity index (χ3n) is 2.00. The molecule has 0 amide bonds. The number of hydrogen-bond acceptors (Lipinski definition) is 0. The van der Waals surface area contributed by atoms with Crippen LogP contribution in [0.25, 0.3) is 0 Å². The largest absolute Gasteiger partial charge is 0.195 e. The predicted octanol–water partition coefficient (Wildman–Crippen LogP) is 2.19. The van der Waals surface area contributed by atoms with Crippen LogP contribution in [0.5, 0.6) is 0 Å². The minimum absolute atomic E-state index is 0.659. The summed E-state index contributed by atoms with van der Waals surface area (Å²) < 4.78 is 0. The van der Waals surface area contributed by atoms with Crippen molar-refractivity contribution in [2.45, 2.75) is 46.0 Å². The Morgan fingerprint density at radius 2 is 2.00 bits per heavy atom. The Morgan fingerprint density at radius 1 is 1.27 bits per heavy atom. The Labute approximate surface area is 72.2 Å². The average molecular weight is 150 g/mol. The van der Waals surface area contributed by atoms with E-state index >= 15 is 0 Å². The van der Waals surface area contributed by atoms with Crippen LogP contribution in [0.1, 0.15) is 46.0 Å². The summed E-state index contributed by atoms with van der Waals surface area (Å²) in [5.74, 6) is 6.90. The summed E-state index contributed by atoms with van der Waals surface area (Å²) in [6.07, 6.45) is 6.54. The van der Waals surface area contributed by atoms with Crippen LogP contribution in [0.4, 0.5) is 0 Å². The lowest BCUT2D eigenvalue weighted by Crippen LogP contribution is -1.94. The fourth-order valence-corrected chi connectivity index (χ4v) is 1.22. The molecule has 0 saturated carbocycles. The summed E-state index contributed by atoms with van der Waals surface area (Å²) in [6.45, 7) is 4.47. The van der Waals surface area contributed by atoms with Crippen molar-refractivity contribution < 1.29 is 0 Å². The van der Waals surface area contributed by atoms with Gasteiger partial charge in [0.2, 0.25) is 0 Å². The van der Waals surface area contributed by atoms with E-state index in [0.717, 1.165) is 0 Å². The molecule has 0 fully saturated rings. The van der Waals surface area contributed by atoms with Crippen LogP contribution >= 0.6 is 0 Å². The van der Waals surface area contributed by atoms with Crippen molar-refractivity contribution in [1.29, 1.82) is 0 Å². The van der Waals surface area contributed by atoms with E-state index in [9.17, 15) is 0 Å². The summed E-state index contributed by atoms with van der Waals surface area (Å²) in [6, 6.07) is 0. The van der Waals surface area contributed by atoms with Crippen LogP contribution in [0, 0.1) is 17.7 Å². The van der Waals surface area contributed by atoms with Gasteiger partial charge in [0.15, 0.2) is 7.85 Å². The van der Waals surface area contributed by atoms with Gasteiger partial charge in [-0.1, -0.05) is 33.1 Å². The van der Waals surface area contributed by atoms with Gasteiger partial charge in [-0.25, -0.2) is 0 Å². The van der Waals surface area contributed by atoms with Crippen molar-refractivity contribution in [1.82, 2.24) is 0 Å². The molecule has 1 heteroatoms. The first kappa shape index (κ1) is 10.6. The van der Waals surface area contributed by atoms with Crippen LogP contribution in [0.2, 0.25) is 0 Å². The molecule has 0 aromatic carbocycles. The maximum atomic E-state index is 3.24. The van der Waals surface area contributed by atoms with Gasteiger partial charge in [-0.3, -0.25) is 0 Å². The van der Waals surface area contributed by atoms with Crippen LogP contribution in [-0.2, 0) is 0 Å². The van der Waals surface area contributed by atoms with Gasteiger partial charge in [0.25, 0.3) is 0 Å². The molecule has 1 atom stereocenters. The second-order valence-electron chi connectivity index (χ2n) is 3.00. The molecule has 0 nitrogen and oxygen atoms in total. The van der Waals surface area contributed by atoms with Crippen molar-refractivity contribution in [3.8, 4) is 11.7 Å². The highest BCUT2D eigenvalue weighted by atomic mass is 14.0. The Balaban J connectivity index is 3.41. The Bertz CT molecular complexity index is 130. The van der Waals surface area contributed by atoms with Gasteiger partial charge in [0.05, 0.1) is 0 Å². The molecular weight excluding hydrogens is 131 g/mol. The van der Waals surface area contributed by atoms with E-state index in [2.05, 4.69) is 25.6 Å². The van der Waals surface area contributed by atoms with E-state index in [4.69, 9.17) is 0 Å². The molecule has 0 aromatic rings. The fraction of sp³-hybridized carbons (Fsp3) is 0.800. The Morgan fingerprint density at radius 3 is 2.45 bits per heavy atom. The van der Waals surface area contributed by atoms with Crippen molar-refractivity contribution in [2.24, 2.45) is 5.92 Å². The molecular formula is C10H19B. The molecule has 0 N–H and O–H groups in total. The lowest BCUT2D eigenvalue weighted by Gasteiger charge is -2.05. The zero-order valence-corrected chi connectivity index (χ0v) is 8.11. The third kappa shape index (κ3) is 6.04. The highest BCUT2D eigenvalue weighted by Crippen LogP contribution is 2.11. The molecule has 62 valence electrons. The van der Waals surface area contributed by atoms with Gasteiger partial charge in [-0.15, -0.1) is 5.92 Å². The second-order valence-corrected chi connectivity index (χ2v) is 3.00. The van der Waals surface area contributed by atoms with Gasteiger partial charge in [-0.05, 0) is 12.8 Å². The minimum Gasteiger partial charge on any atom is -0.165 e. The van der Waals surface area contributed by atoms with E-state index < -0.39 is 0 Å². The predicted molar refractivity (Wildman–Crippen MR) is 54.2 cm³/mol. The van der Waals surface area contributed by atoms with Crippen molar-refractivity contribution >= 4 is 7.85 Å². The van der Waals surface area contributed by atoms with E-state index in [1.54, 1.807) is 0 Å². The van der Waals surface area contributed by atoms with E-state index in [1.807, 2.05) is 7.85 Å². The SMILES string of the molecule is BC#CC(CC)CCCCC. The highest BCUT2D eigenvalue weighted by Gasteiger charge is 1.99. The molecule has 11 heavy (non-hydrogen) atoms. The Kier molecular flexibility index (Phi) is 7.47. The quantitative estimate of drug-likeness (QED) is 0.320. The van der Waals surface area contributed by atoms with Gasteiger partial charge >= 0.3 is 0 Å². The molecule has 0 aliphatic heterocycles. The molecule has 0 bridgehead atoms. The summed E-state index contributed by atoms with van der Waals surface area (Å²) in [5, 5.41) is 0. The topological polar surface area (TPSA) is 0 Å². The van der Waals surface area contributed by atoms with Crippen LogP contribution in [-0.4, -0.2) is 7.85 Å². The van der Waals surface area contributed by atoms with Crippen LogP contribution in [0.3, 0.4) is 0 Å². The normalized spacial score (nSPS) is 11.8. The van der Waals surface area contributed by atoms with Gasteiger partial charge < -0.3 is 0 Å². The van der Waals surface area contributed by atoms with Gasteiger partial charge in [-0.2, -0.15) is 5.82 Å². The summed E-state index contributed by atoms with van der Waals surface area (Å²) in [4.78, 5) is 0. The standard InChI is InChI=1S/C10H19B/c1-3-5-6-7-10(4-2)8-9-11/h10H,3-7,11H2,1-2H3. The zero-order valence-electron chi connectivity index (χ0n) is 8.11. The van der Waals surface area contributed by atoms with Gasteiger partial charge in [0.1, 0.15) is 0 Å². The molecule has 0 rings (SSSR count). The van der Waals surface area contributed by atoms with E-state index in [1.165, 1.54) is 32.1 Å². The molecule has 0 saturated heterocycles. The number of rotatable bonds is 5. The molecule has 0 aromatic heterocycles. The monoisotopic (exact) mass is 150 g/mol. The smallest absolute Gasteiger partial charge is 0.165 e. The van der Waals surface area contributed by atoms with Crippen LogP contribution < -0.4 is 0 Å². The highest BCUT2D eigenvalue weighted by molar-refractivity contribution is 6.22. The van der Waals surface area contributed by atoms with Crippen molar-refractivity contribution in [3.05, 3.63) is 0 Å². The molecule has 0 aliphatic rings. The maximum absolute atomic E-state index is 3.24. The maximum Gasteiger partial charge on any atom is 0.195 e. The first-order chi connectivity index (χ1) is 5.35. The lowest BCUT2D eigenvalue weighted by molar-refractivity contribution is 0.541. The first-order valence-electron chi connectivity index (χ1n) is 4.77. The van der Waals surface area contributed by atoms with Gasteiger partial charge in [0, 0.05) is 5.92 Å². The van der Waals surface area contributed by atoms with E-state index in [-0.39, 0.29) is 0 Å². The molecule has 0 radical (unpaired) electrons. The molecule has 1 unspecified atom stereocenters. The second kappa shape index (κ2) is 7.73. The zero-order chi connectivity index (χ0) is 8.53. The summed E-state index contributed by atoms with van der Waals surface area (Å²) in [7, 11) is 1.93. The molecule has 0 spiro atoms.